The van der Waals surface area contributed by atoms with Crippen molar-refractivity contribution < 1.29 is 0 Å². The third-order valence-corrected chi connectivity index (χ3v) is 3.58. The highest BCUT2D eigenvalue weighted by Crippen LogP contribution is 2.24. The normalized spacial score (nSPS) is 10.8. The van der Waals surface area contributed by atoms with Gasteiger partial charge in [-0.1, -0.05) is 42.5 Å². The second-order valence-electron chi connectivity index (χ2n) is 5.13. The largest absolute Gasteiger partial charge is 0.368 e. The molecule has 4 nitrogen and oxygen atoms in total. The van der Waals surface area contributed by atoms with E-state index in [1.165, 1.54) is 5.56 Å². The number of hydrogen-bond acceptors (Lipinski definition) is 4. The Hall–Kier alpha value is -2.46. The third kappa shape index (κ3) is 2.85. The van der Waals surface area contributed by atoms with Crippen LogP contribution in [0.15, 0.2) is 54.7 Å². The zero-order chi connectivity index (χ0) is 14.7. The highest BCUT2D eigenvalue weighted by atomic mass is 15.1. The second kappa shape index (κ2) is 5.89. The molecule has 2 aromatic carbocycles. The molecule has 0 spiro atoms. The quantitative estimate of drug-likeness (QED) is 0.797. The van der Waals surface area contributed by atoms with E-state index in [1.54, 1.807) is 0 Å². The van der Waals surface area contributed by atoms with Crippen LogP contribution in [-0.4, -0.2) is 17.2 Å². The molecule has 1 heterocycles. The van der Waals surface area contributed by atoms with Crippen molar-refractivity contribution in [1.82, 2.24) is 10.2 Å². The van der Waals surface area contributed by atoms with Crippen molar-refractivity contribution in [3.05, 3.63) is 65.9 Å². The van der Waals surface area contributed by atoms with E-state index in [-0.39, 0.29) is 0 Å². The first-order valence-electron chi connectivity index (χ1n) is 6.97. The highest BCUT2D eigenvalue weighted by molar-refractivity contribution is 5.90. The summed E-state index contributed by atoms with van der Waals surface area (Å²) in [6.07, 6.45) is 1.81. The molecule has 4 heteroatoms. The maximum atomic E-state index is 5.70. The average Bonchev–Trinajstić information content (AvgIpc) is 2.54. The van der Waals surface area contributed by atoms with Crippen LogP contribution in [0.4, 0.5) is 5.69 Å². The highest BCUT2D eigenvalue weighted by Gasteiger charge is 2.08. The van der Waals surface area contributed by atoms with Crippen molar-refractivity contribution in [3.63, 3.8) is 0 Å². The molecule has 0 aliphatic heterocycles. The Morgan fingerprint density at radius 2 is 1.86 bits per heavy atom. The number of anilines is 1. The number of aromatic nitrogens is 2. The minimum absolute atomic E-state index is 0.567. The average molecular weight is 278 g/mol. The van der Waals surface area contributed by atoms with E-state index in [0.717, 1.165) is 28.7 Å². The van der Waals surface area contributed by atoms with Crippen LogP contribution in [0.5, 0.6) is 0 Å². The number of nitrogens with two attached hydrogens (primary N) is 1. The first-order valence-corrected chi connectivity index (χ1v) is 6.97. The molecule has 0 saturated heterocycles. The van der Waals surface area contributed by atoms with Gasteiger partial charge >= 0.3 is 0 Å². The lowest BCUT2D eigenvalue weighted by molar-refractivity contribution is 0.910. The molecule has 0 amide bonds. The van der Waals surface area contributed by atoms with Crippen LogP contribution in [0.25, 0.3) is 10.9 Å². The lowest BCUT2D eigenvalue weighted by atomic mass is 10.1. The fourth-order valence-corrected chi connectivity index (χ4v) is 2.51. The monoisotopic (exact) mass is 278 g/mol. The predicted molar refractivity (Wildman–Crippen MR) is 86.0 cm³/mol. The second-order valence-corrected chi connectivity index (χ2v) is 5.13. The molecule has 0 aliphatic carbocycles. The topological polar surface area (TPSA) is 55.0 Å². The van der Waals surface area contributed by atoms with Gasteiger partial charge in [0.05, 0.1) is 17.4 Å². The minimum Gasteiger partial charge on any atom is -0.368 e. The summed E-state index contributed by atoms with van der Waals surface area (Å²) in [6, 6.07) is 16.4. The van der Waals surface area contributed by atoms with Gasteiger partial charge in [-0.3, -0.25) is 0 Å². The van der Waals surface area contributed by atoms with Crippen molar-refractivity contribution >= 4 is 16.6 Å². The minimum atomic E-state index is 0.567. The van der Waals surface area contributed by atoms with Gasteiger partial charge in [0.15, 0.2) is 0 Å². The molecular weight excluding hydrogens is 260 g/mol. The molecule has 0 fully saturated rings. The van der Waals surface area contributed by atoms with E-state index in [9.17, 15) is 0 Å². The van der Waals surface area contributed by atoms with E-state index >= 15 is 0 Å². The van der Waals surface area contributed by atoms with E-state index in [1.807, 2.05) is 36.5 Å². The number of benzene rings is 2. The molecule has 21 heavy (non-hydrogen) atoms. The summed E-state index contributed by atoms with van der Waals surface area (Å²) >= 11 is 0. The van der Waals surface area contributed by atoms with Crippen molar-refractivity contribution in [2.45, 2.75) is 13.1 Å². The Morgan fingerprint density at radius 1 is 1.05 bits per heavy atom. The zero-order valence-electron chi connectivity index (χ0n) is 12.0. The Balaban J connectivity index is 1.91. The van der Waals surface area contributed by atoms with Crippen LogP contribution in [0.2, 0.25) is 0 Å². The van der Waals surface area contributed by atoms with Gasteiger partial charge in [0.25, 0.3) is 0 Å². The fourth-order valence-electron chi connectivity index (χ4n) is 2.51. The van der Waals surface area contributed by atoms with Crippen LogP contribution in [0.1, 0.15) is 11.1 Å². The summed E-state index contributed by atoms with van der Waals surface area (Å²) < 4.78 is 0. The van der Waals surface area contributed by atoms with Crippen LogP contribution >= 0.6 is 0 Å². The van der Waals surface area contributed by atoms with Crippen molar-refractivity contribution in [2.24, 2.45) is 5.73 Å². The molecule has 0 bridgehead atoms. The summed E-state index contributed by atoms with van der Waals surface area (Å²) in [5.74, 6) is 0. The Morgan fingerprint density at radius 3 is 2.71 bits per heavy atom. The van der Waals surface area contributed by atoms with Crippen LogP contribution in [0, 0.1) is 0 Å². The smallest absolute Gasteiger partial charge is 0.0950 e. The van der Waals surface area contributed by atoms with Crippen LogP contribution < -0.4 is 10.6 Å². The third-order valence-electron chi connectivity index (χ3n) is 3.58. The van der Waals surface area contributed by atoms with Gasteiger partial charge < -0.3 is 10.6 Å². The summed E-state index contributed by atoms with van der Waals surface area (Å²) in [5.41, 5.74) is 10.1. The first kappa shape index (κ1) is 13.5. The van der Waals surface area contributed by atoms with E-state index in [2.05, 4.69) is 40.3 Å². The van der Waals surface area contributed by atoms with E-state index in [4.69, 9.17) is 5.73 Å². The van der Waals surface area contributed by atoms with Gasteiger partial charge in [0.1, 0.15) is 0 Å². The number of hydrogen-bond donors (Lipinski definition) is 1. The molecule has 1 aromatic heterocycles. The lowest BCUT2D eigenvalue weighted by Crippen LogP contribution is -2.17. The molecule has 2 N–H and O–H groups in total. The van der Waals surface area contributed by atoms with Gasteiger partial charge in [-0.05, 0) is 17.2 Å². The van der Waals surface area contributed by atoms with Gasteiger partial charge in [-0.15, -0.1) is 0 Å². The Kier molecular flexibility index (Phi) is 3.79. The summed E-state index contributed by atoms with van der Waals surface area (Å²) in [5, 5.41) is 9.38. The summed E-state index contributed by atoms with van der Waals surface area (Å²) in [7, 11) is 2.07. The molecule has 0 atom stereocenters. The van der Waals surface area contributed by atoms with Crippen molar-refractivity contribution in [2.75, 3.05) is 11.9 Å². The standard InChI is InChI=1S/C17H18N4/c1-21(12-14-6-4-5-13(9-14)10-18)17-11-19-20-16-8-3-2-7-15(16)17/h2-9,11H,10,12,18H2,1H3. The maximum Gasteiger partial charge on any atom is 0.0950 e. The van der Waals surface area contributed by atoms with Gasteiger partial charge in [0, 0.05) is 25.5 Å². The molecule has 3 rings (SSSR count). The number of nitrogens with zero attached hydrogens (tertiary/aromatic N) is 3. The Labute approximate surface area is 124 Å². The zero-order valence-corrected chi connectivity index (χ0v) is 12.0. The van der Waals surface area contributed by atoms with Gasteiger partial charge in [-0.25, -0.2) is 0 Å². The predicted octanol–water partition coefficient (Wildman–Crippen LogP) is 2.72. The first-order chi connectivity index (χ1) is 10.3. The molecule has 3 aromatic rings. The van der Waals surface area contributed by atoms with Gasteiger partial charge in [-0.2, -0.15) is 10.2 Å². The van der Waals surface area contributed by atoms with Crippen LogP contribution in [0.3, 0.4) is 0 Å². The number of fused-ring (bicyclic) bond motifs is 1. The molecular formula is C17H18N4. The lowest BCUT2D eigenvalue weighted by Gasteiger charge is -2.20. The summed E-state index contributed by atoms with van der Waals surface area (Å²) in [6.45, 7) is 1.38. The molecule has 0 unspecified atom stereocenters. The SMILES string of the molecule is CN(Cc1cccc(CN)c1)c1cnnc2ccccc12. The molecule has 106 valence electrons. The fraction of sp³-hybridized carbons (Fsp3) is 0.176. The van der Waals surface area contributed by atoms with Crippen molar-refractivity contribution in [3.8, 4) is 0 Å². The Bertz CT molecular complexity index is 749. The summed E-state index contributed by atoms with van der Waals surface area (Å²) in [4.78, 5) is 2.19. The maximum absolute atomic E-state index is 5.70. The number of rotatable bonds is 4. The van der Waals surface area contributed by atoms with E-state index in [0.29, 0.717) is 6.54 Å². The van der Waals surface area contributed by atoms with Gasteiger partial charge in [0.2, 0.25) is 0 Å². The van der Waals surface area contributed by atoms with E-state index < -0.39 is 0 Å². The molecule has 0 saturated carbocycles. The van der Waals surface area contributed by atoms with Crippen LogP contribution in [-0.2, 0) is 13.1 Å². The van der Waals surface area contributed by atoms with Crippen molar-refractivity contribution in [1.29, 1.82) is 0 Å². The molecule has 0 radical (unpaired) electrons. The molecule has 0 aliphatic rings.